The van der Waals surface area contributed by atoms with Gasteiger partial charge in [-0.25, -0.2) is 0 Å². The van der Waals surface area contributed by atoms with Crippen molar-refractivity contribution >= 4 is 38.5 Å². The average Bonchev–Trinajstić information content (AvgIpc) is 2.89. The summed E-state index contributed by atoms with van der Waals surface area (Å²) >= 11 is 3.62. The molecule has 0 spiro atoms. The Morgan fingerprint density at radius 1 is 1.00 bits per heavy atom. The number of hydrogen-bond donors (Lipinski definition) is 1. The molecule has 1 atom stereocenters. The number of hydrogen-bond acceptors (Lipinski definition) is 3. The summed E-state index contributed by atoms with van der Waals surface area (Å²) in [6.07, 6.45) is 6.21. The van der Waals surface area contributed by atoms with Crippen LogP contribution < -0.4 is 10.1 Å². The summed E-state index contributed by atoms with van der Waals surface area (Å²) < 4.78 is 6.77. The molecule has 184 valence electrons. The molecule has 0 radical (unpaired) electrons. The maximum atomic E-state index is 13.4. The van der Waals surface area contributed by atoms with Gasteiger partial charge in [0.1, 0.15) is 11.8 Å². The molecule has 0 aromatic heterocycles. The van der Waals surface area contributed by atoms with Gasteiger partial charge in [0.15, 0.2) is 6.61 Å². The second-order valence-corrected chi connectivity index (χ2v) is 10.0. The molecular formula is C29H33BrN2O3. The molecule has 4 rings (SSSR count). The maximum Gasteiger partial charge on any atom is 0.261 e. The van der Waals surface area contributed by atoms with Gasteiger partial charge in [-0.05, 0) is 64.5 Å². The van der Waals surface area contributed by atoms with Gasteiger partial charge in [-0.1, -0.05) is 79.9 Å². The monoisotopic (exact) mass is 536 g/mol. The third-order valence-electron chi connectivity index (χ3n) is 6.78. The van der Waals surface area contributed by atoms with Crippen molar-refractivity contribution in [3.63, 3.8) is 0 Å². The minimum absolute atomic E-state index is 0.0924. The van der Waals surface area contributed by atoms with E-state index in [1.807, 2.05) is 73.7 Å². The fraction of sp³-hybridized carbons (Fsp3) is 0.379. The fourth-order valence-corrected chi connectivity index (χ4v) is 5.29. The average molecular weight is 537 g/mol. The number of ether oxygens (including phenoxy) is 1. The van der Waals surface area contributed by atoms with Crippen molar-refractivity contribution in [2.24, 2.45) is 0 Å². The number of rotatable bonds is 9. The predicted octanol–water partition coefficient (Wildman–Crippen LogP) is 5.89. The number of halogens is 1. The Hall–Kier alpha value is -2.86. The number of amides is 2. The zero-order chi connectivity index (χ0) is 24.6. The molecule has 3 aromatic rings. The first kappa shape index (κ1) is 25.2. The van der Waals surface area contributed by atoms with Crippen LogP contribution in [-0.2, 0) is 16.0 Å². The van der Waals surface area contributed by atoms with Crippen LogP contribution in [0.5, 0.6) is 5.75 Å². The molecule has 6 heteroatoms. The molecule has 35 heavy (non-hydrogen) atoms. The molecule has 1 unspecified atom stereocenters. The van der Waals surface area contributed by atoms with E-state index in [-0.39, 0.29) is 24.5 Å². The lowest BCUT2D eigenvalue weighted by molar-refractivity contribution is -0.141. The van der Waals surface area contributed by atoms with Gasteiger partial charge in [-0.3, -0.25) is 9.59 Å². The van der Waals surface area contributed by atoms with Crippen LogP contribution in [0.3, 0.4) is 0 Å². The smallest absolute Gasteiger partial charge is 0.261 e. The summed E-state index contributed by atoms with van der Waals surface area (Å²) in [7, 11) is 0. The van der Waals surface area contributed by atoms with Crippen molar-refractivity contribution in [3.05, 3.63) is 76.8 Å². The topological polar surface area (TPSA) is 58.6 Å². The Bertz CT molecular complexity index is 1150. The third kappa shape index (κ3) is 6.63. The Kier molecular flexibility index (Phi) is 8.80. The van der Waals surface area contributed by atoms with Crippen LogP contribution in [0.15, 0.2) is 71.2 Å². The van der Waals surface area contributed by atoms with Gasteiger partial charge in [0.25, 0.3) is 5.91 Å². The number of carbonyl (C=O) groups is 2. The van der Waals surface area contributed by atoms with Gasteiger partial charge in [0.05, 0.1) is 4.47 Å². The van der Waals surface area contributed by atoms with Gasteiger partial charge in [0.2, 0.25) is 5.91 Å². The van der Waals surface area contributed by atoms with E-state index >= 15 is 0 Å². The van der Waals surface area contributed by atoms with Crippen molar-refractivity contribution in [1.29, 1.82) is 0 Å². The van der Waals surface area contributed by atoms with Crippen molar-refractivity contribution in [1.82, 2.24) is 10.2 Å². The Morgan fingerprint density at radius 3 is 2.49 bits per heavy atom. The summed E-state index contributed by atoms with van der Waals surface area (Å²) in [6.45, 7) is 2.13. The molecule has 1 saturated carbocycles. The lowest BCUT2D eigenvalue weighted by atomic mass is 9.95. The van der Waals surface area contributed by atoms with E-state index in [1.54, 1.807) is 4.90 Å². The minimum atomic E-state index is -0.572. The van der Waals surface area contributed by atoms with Gasteiger partial charge in [-0.15, -0.1) is 0 Å². The zero-order valence-corrected chi connectivity index (χ0v) is 21.8. The highest BCUT2D eigenvalue weighted by atomic mass is 79.9. The van der Waals surface area contributed by atoms with Gasteiger partial charge in [-0.2, -0.15) is 0 Å². The lowest BCUT2D eigenvalue weighted by Gasteiger charge is -2.31. The number of nitrogens with one attached hydrogen (secondary N) is 1. The van der Waals surface area contributed by atoms with Gasteiger partial charge in [0, 0.05) is 12.6 Å². The van der Waals surface area contributed by atoms with Crippen LogP contribution in [0, 0.1) is 0 Å². The number of nitrogens with zero attached hydrogens (tertiary/aromatic N) is 1. The second kappa shape index (κ2) is 12.2. The number of carbonyl (C=O) groups excluding carboxylic acids is 2. The molecule has 0 saturated heterocycles. The summed E-state index contributed by atoms with van der Waals surface area (Å²) in [5, 5.41) is 5.29. The minimum Gasteiger partial charge on any atom is -0.483 e. The number of benzene rings is 3. The maximum absolute atomic E-state index is 13.4. The standard InChI is InChI=1S/C29H33BrN2O3/c1-21(29(34)31-24-13-6-3-7-14-24)32(19-18-22-10-4-2-5-11-22)27(33)20-35-26-17-16-23-12-8-9-15-25(23)28(26)30/h2,4-5,8-12,15-17,21,24H,3,6-7,13-14,18-20H2,1H3,(H,31,34). The van der Waals surface area contributed by atoms with Crippen molar-refractivity contribution in [3.8, 4) is 5.75 Å². The fourth-order valence-electron chi connectivity index (χ4n) is 4.69. The molecule has 0 bridgehead atoms. The first-order valence-corrected chi connectivity index (χ1v) is 13.3. The van der Waals surface area contributed by atoms with E-state index in [0.717, 1.165) is 46.5 Å². The predicted molar refractivity (Wildman–Crippen MR) is 143 cm³/mol. The quantitative estimate of drug-likeness (QED) is 0.371. The van der Waals surface area contributed by atoms with E-state index in [0.29, 0.717) is 18.7 Å². The molecule has 2 amide bonds. The normalized spacial score (nSPS) is 14.9. The molecule has 1 aliphatic carbocycles. The highest BCUT2D eigenvalue weighted by Gasteiger charge is 2.28. The Morgan fingerprint density at radius 2 is 1.71 bits per heavy atom. The molecule has 0 heterocycles. The Balaban J connectivity index is 1.45. The van der Waals surface area contributed by atoms with Crippen molar-refractivity contribution < 1.29 is 14.3 Å². The van der Waals surface area contributed by atoms with Crippen LogP contribution in [0.4, 0.5) is 0 Å². The first-order chi connectivity index (χ1) is 17.0. The summed E-state index contributed by atoms with van der Waals surface area (Å²) in [4.78, 5) is 28.1. The van der Waals surface area contributed by atoms with E-state index in [9.17, 15) is 9.59 Å². The zero-order valence-electron chi connectivity index (χ0n) is 20.2. The molecule has 1 aliphatic rings. The first-order valence-electron chi connectivity index (χ1n) is 12.5. The molecule has 5 nitrogen and oxygen atoms in total. The summed E-state index contributed by atoms with van der Waals surface area (Å²) in [6, 6.07) is 21.5. The number of fused-ring (bicyclic) bond motifs is 1. The molecule has 1 N–H and O–H groups in total. The van der Waals surface area contributed by atoms with Crippen molar-refractivity contribution in [2.45, 2.75) is 57.5 Å². The van der Waals surface area contributed by atoms with E-state index in [1.165, 1.54) is 6.42 Å². The van der Waals surface area contributed by atoms with Crippen LogP contribution in [-0.4, -0.2) is 41.9 Å². The van der Waals surface area contributed by atoms with Gasteiger partial charge >= 0.3 is 0 Å². The van der Waals surface area contributed by atoms with Crippen molar-refractivity contribution in [2.75, 3.05) is 13.2 Å². The highest BCUT2D eigenvalue weighted by molar-refractivity contribution is 9.10. The SMILES string of the molecule is CC(C(=O)NC1CCCCC1)N(CCc1ccccc1)C(=O)COc1ccc2ccccc2c1Br. The largest absolute Gasteiger partial charge is 0.483 e. The molecule has 1 fully saturated rings. The van der Waals surface area contributed by atoms with Crippen LogP contribution in [0.25, 0.3) is 10.8 Å². The molecule has 3 aromatic carbocycles. The van der Waals surface area contributed by atoms with E-state index < -0.39 is 6.04 Å². The third-order valence-corrected chi connectivity index (χ3v) is 7.60. The van der Waals surface area contributed by atoms with E-state index in [2.05, 4.69) is 21.2 Å². The molecule has 0 aliphatic heterocycles. The van der Waals surface area contributed by atoms with E-state index in [4.69, 9.17) is 4.74 Å². The lowest BCUT2D eigenvalue weighted by Crippen LogP contribution is -2.52. The van der Waals surface area contributed by atoms with Crippen LogP contribution in [0.2, 0.25) is 0 Å². The summed E-state index contributed by atoms with van der Waals surface area (Å²) in [5.74, 6) is 0.317. The Labute approximate surface area is 216 Å². The van der Waals surface area contributed by atoms with Crippen LogP contribution in [0.1, 0.15) is 44.6 Å². The van der Waals surface area contributed by atoms with Crippen LogP contribution >= 0.6 is 15.9 Å². The van der Waals surface area contributed by atoms with Gasteiger partial charge < -0.3 is 15.0 Å². The molecular weight excluding hydrogens is 504 g/mol. The summed E-state index contributed by atoms with van der Waals surface area (Å²) in [5.41, 5.74) is 1.13. The second-order valence-electron chi connectivity index (χ2n) is 9.23. The highest BCUT2D eigenvalue weighted by Crippen LogP contribution is 2.33.